The van der Waals surface area contributed by atoms with E-state index in [-0.39, 0.29) is 12.1 Å². The Bertz CT molecular complexity index is 928. The number of thioether (sulfide) groups is 1. The predicted octanol–water partition coefficient (Wildman–Crippen LogP) is 3.93. The highest BCUT2D eigenvalue weighted by Gasteiger charge is 2.30. The molecule has 7 heteroatoms. The van der Waals surface area contributed by atoms with Gasteiger partial charge in [-0.15, -0.1) is 11.8 Å². The molecule has 0 spiro atoms. The predicted molar refractivity (Wildman–Crippen MR) is 120 cm³/mol. The quantitative estimate of drug-likeness (QED) is 0.607. The molecule has 1 atom stereocenters. The third kappa shape index (κ3) is 5.15. The number of aryl methyl sites for hydroxylation is 1. The van der Waals surface area contributed by atoms with Crippen molar-refractivity contribution in [2.24, 2.45) is 0 Å². The van der Waals surface area contributed by atoms with E-state index in [1.165, 1.54) is 22.9 Å². The first-order valence-electron chi connectivity index (χ1n) is 10.2. The monoisotopic (exact) mass is 428 g/mol. The molecule has 160 valence electrons. The molecular formula is C23H30N3O3S+. The largest absolute Gasteiger partial charge is 0.480 e. The standard InChI is InChI=1S/C23H29N3O3S/c1-4-26(22(29)25-18-9-7-17(24)8-10-18)19-11-5-16-14-20(12-6-15(16)13-19)30-23(2,3)21(27)28/h6-10,12,14,19H,4-5,11,13,24H2,1-3H3,(H,25,29)(H,27,28)/p+1. The van der Waals surface area contributed by atoms with Crippen molar-refractivity contribution in [3.05, 3.63) is 53.6 Å². The number of aliphatic carboxylic acids is 1. The van der Waals surface area contributed by atoms with E-state index in [9.17, 15) is 14.7 Å². The van der Waals surface area contributed by atoms with Crippen molar-refractivity contribution in [3.8, 4) is 0 Å². The molecule has 0 saturated heterocycles. The summed E-state index contributed by atoms with van der Waals surface area (Å²) in [5, 5.41) is 12.4. The van der Waals surface area contributed by atoms with Crippen molar-refractivity contribution in [2.75, 3.05) is 11.9 Å². The fourth-order valence-electron chi connectivity index (χ4n) is 3.73. The summed E-state index contributed by atoms with van der Waals surface area (Å²) in [6.45, 7) is 6.08. The molecule has 0 saturated carbocycles. The van der Waals surface area contributed by atoms with E-state index in [0.717, 1.165) is 35.5 Å². The summed E-state index contributed by atoms with van der Waals surface area (Å²) in [4.78, 5) is 27.1. The second-order valence-electron chi connectivity index (χ2n) is 8.16. The van der Waals surface area contributed by atoms with Crippen LogP contribution in [0.2, 0.25) is 0 Å². The molecule has 0 heterocycles. The fourth-order valence-corrected chi connectivity index (χ4v) is 4.74. The summed E-state index contributed by atoms with van der Waals surface area (Å²) >= 11 is 1.37. The molecule has 1 aliphatic rings. The van der Waals surface area contributed by atoms with Crippen LogP contribution in [0.25, 0.3) is 0 Å². The molecule has 2 aromatic rings. The topological polar surface area (TPSA) is 97.3 Å². The summed E-state index contributed by atoms with van der Waals surface area (Å²) in [6.07, 6.45) is 2.58. The zero-order valence-corrected chi connectivity index (χ0v) is 18.6. The number of nitrogens with one attached hydrogen (secondary N) is 1. The van der Waals surface area contributed by atoms with Gasteiger partial charge in [0.2, 0.25) is 0 Å². The van der Waals surface area contributed by atoms with Crippen LogP contribution in [-0.2, 0) is 17.6 Å². The highest BCUT2D eigenvalue weighted by atomic mass is 32.2. The Morgan fingerprint density at radius 2 is 1.90 bits per heavy atom. The number of carboxylic acid groups (broad SMARTS) is 1. The second kappa shape index (κ2) is 9.10. The number of rotatable bonds is 6. The van der Waals surface area contributed by atoms with Crippen LogP contribution in [0.3, 0.4) is 0 Å². The Morgan fingerprint density at radius 3 is 2.53 bits per heavy atom. The van der Waals surface area contributed by atoms with Crippen LogP contribution >= 0.6 is 11.8 Å². The lowest BCUT2D eigenvalue weighted by atomic mass is 9.87. The molecule has 0 bridgehead atoms. The number of likely N-dealkylation sites (N-methyl/N-ethyl adjacent to an activating group) is 1. The van der Waals surface area contributed by atoms with Gasteiger partial charge in [-0.05, 0) is 75.4 Å². The number of carbonyl (C=O) groups excluding carboxylic acids is 1. The van der Waals surface area contributed by atoms with E-state index in [1.807, 2.05) is 42.2 Å². The number of fused-ring (bicyclic) bond motifs is 1. The molecule has 3 rings (SSSR count). The Hall–Kier alpha value is -2.51. The Morgan fingerprint density at radius 1 is 1.20 bits per heavy atom. The maximum absolute atomic E-state index is 12.9. The van der Waals surface area contributed by atoms with Crippen molar-refractivity contribution < 1.29 is 20.4 Å². The lowest BCUT2D eigenvalue weighted by Gasteiger charge is -2.35. The first-order chi connectivity index (χ1) is 14.2. The van der Waals surface area contributed by atoms with Crippen LogP contribution < -0.4 is 11.1 Å². The molecule has 30 heavy (non-hydrogen) atoms. The molecule has 1 unspecified atom stereocenters. The molecular weight excluding hydrogens is 398 g/mol. The van der Waals surface area contributed by atoms with Crippen LogP contribution in [0.4, 0.5) is 16.2 Å². The van der Waals surface area contributed by atoms with Gasteiger partial charge in [-0.25, -0.2) is 4.79 Å². The van der Waals surface area contributed by atoms with Crippen LogP contribution in [0.15, 0.2) is 47.4 Å². The van der Waals surface area contributed by atoms with Gasteiger partial charge in [0.25, 0.3) is 0 Å². The average molecular weight is 429 g/mol. The summed E-state index contributed by atoms with van der Waals surface area (Å²) in [5.41, 5.74) is 8.03. The fraction of sp³-hybridized carbons (Fsp3) is 0.391. The number of amides is 2. The van der Waals surface area contributed by atoms with Gasteiger partial charge in [-0.1, -0.05) is 6.07 Å². The number of urea groups is 1. The molecule has 2 amide bonds. The molecule has 0 radical (unpaired) electrons. The maximum Gasteiger partial charge on any atom is 0.322 e. The summed E-state index contributed by atoms with van der Waals surface area (Å²) in [5.74, 6) is -0.820. The number of quaternary nitrogens is 1. The minimum atomic E-state index is -0.866. The first kappa shape index (κ1) is 22.2. The third-order valence-corrected chi connectivity index (χ3v) is 6.69. The summed E-state index contributed by atoms with van der Waals surface area (Å²) in [7, 11) is 0. The van der Waals surface area contributed by atoms with Crippen molar-refractivity contribution in [1.82, 2.24) is 4.90 Å². The van der Waals surface area contributed by atoms with Crippen molar-refractivity contribution in [2.45, 2.75) is 55.7 Å². The molecule has 2 aromatic carbocycles. The van der Waals surface area contributed by atoms with E-state index in [1.54, 1.807) is 13.8 Å². The van der Waals surface area contributed by atoms with Gasteiger partial charge in [0.05, 0.1) is 0 Å². The number of carbonyl (C=O) groups is 2. The van der Waals surface area contributed by atoms with Crippen LogP contribution in [0, 0.1) is 0 Å². The Balaban J connectivity index is 1.69. The van der Waals surface area contributed by atoms with Gasteiger partial charge in [0.15, 0.2) is 0 Å². The number of anilines is 1. The van der Waals surface area contributed by atoms with Crippen LogP contribution in [-0.4, -0.2) is 39.3 Å². The molecule has 1 aliphatic carbocycles. The van der Waals surface area contributed by atoms with Crippen LogP contribution in [0.5, 0.6) is 0 Å². The molecule has 0 aliphatic heterocycles. The average Bonchev–Trinajstić information content (AvgIpc) is 2.70. The highest BCUT2D eigenvalue weighted by Crippen LogP contribution is 2.35. The van der Waals surface area contributed by atoms with Gasteiger partial charge >= 0.3 is 12.0 Å². The molecule has 6 nitrogen and oxygen atoms in total. The van der Waals surface area contributed by atoms with Gasteiger partial charge in [-0.3, -0.25) is 4.79 Å². The first-order valence-corrected chi connectivity index (χ1v) is 11.0. The van der Waals surface area contributed by atoms with Crippen molar-refractivity contribution in [3.63, 3.8) is 0 Å². The number of carboxylic acids is 1. The van der Waals surface area contributed by atoms with E-state index in [4.69, 9.17) is 0 Å². The van der Waals surface area contributed by atoms with Crippen molar-refractivity contribution in [1.29, 1.82) is 0 Å². The second-order valence-corrected chi connectivity index (χ2v) is 9.85. The SMILES string of the molecule is CCN(C(=O)Nc1ccc([NH3+])cc1)C1CCc2cc(SC(C)(C)C(=O)O)ccc2C1. The zero-order valence-electron chi connectivity index (χ0n) is 17.8. The summed E-state index contributed by atoms with van der Waals surface area (Å²) < 4.78 is -0.866. The van der Waals surface area contributed by atoms with Gasteiger partial charge in [-0.2, -0.15) is 0 Å². The minimum absolute atomic E-state index is 0.0851. The lowest BCUT2D eigenvalue weighted by Crippen LogP contribution is -2.45. The van der Waals surface area contributed by atoms with Crippen LogP contribution in [0.1, 0.15) is 38.3 Å². The smallest absolute Gasteiger partial charge is 0.322 e. The van der Waals surface area contributed by atoms with Gasteiger partial charge in [0, 0.05) is 35.3 Å². The lowest BCUT2D eigenvalue weighted by molar-refractivity contribution is -0.254. The molecule has 0 fully saturated rings. The van der Waals surface area contributed by atoms with E-state index in [0.29, 0.717) is 6.54 Å². The number of nitrogens with zero attached hydrogens (tertiary/aromatic N) is 1. The van der Waals surface area contributed by atoms with E-state index < -0.39 is 10.7 Å². The molecule has 5 N–H and O–H groups in total. The normalized spacial score (nSPS) is 15.9. The maximum atomic E-state index is 12.9. The van der Waals surface area contributed by atoms with Gasteiger partial charge in [0.1, 0.15) is 10.4 Å². The summed E-state index contributed by atoms with van der Waals surface area (Å²) in [6, 6.07) is 13.7. The number of hydrogen-bond donors (Lipinski definition) is 3. The highest BCUT2D eigenvalue weighted by molar-refractivity contribution is 8.01. The number of hydrogen-bond acceptors (Lipinski definition) is 3. The minimum Gasteiger partial charge on any atom is -0.480 e. The van der Waals surface area contributed by atoms with E-state index in [2.05, 4.69) is 23.2 Å². The third-order valence-electron chi connectivity index (χ3n) is 5.52. The van der Waals surface area contributed by atoms with E-state index >= 15 is 0 Å². The Kier molecular flexibility index (Phi) is 6.73. The van der Waals surface area contributed by atoms with Crippen molar-refractivity contribution >= 4 is 35.1 Å². The zero-order chi connectivity index (χ0) is 21.9. The molecule has 0 aromatic heterocycles. The number of benzene rings is 2. The Labute approximate surface area is 181 Å². The van der Waals surface area contributed by atoms with Gasteiger partial charge < -0.3 is 21.1 Å².